The van der Waals surface area contributed by atoms with E-state index in [9.17, 15) is 4.79 Å². The second kappa shape index (κ2) is 4.40. The summed E-state index contributed by atoms with van der Waals surface area (Å²) in [6, 6.07) is 0. The van der Waals surface area contributed by atoms with Crippen LogP contribution in [0.4, 0.5) is 0 Å². The molecule has 17 heavy (non-hydrogen) atoms. The summed E-state index contributed by atoms with van der Waals surface area (Å²) >= 11 is 0. The molecule has 0 unspecified atom stereocenters. The molecule has 1 amide bonds. The van der Waals surface area contributed by atoms with Gasteiger partial charge in [-0.25, -0.2) is 4.68 Å². The smallest absolute Gasteiger partial charge is 0.244 e. The predicted octanol–water partition coefficient (Wildman–Crippen LogP) is -1.02. The van der Waals surface area contributed by atoms with Gasteiger partial charge in [-0.1, -0.05) is 0 Å². The predicted molar refractivity (Wildman–Crippen MR) is 59.2 cm³/mol. The molecule has 1 saturated carbocycles. The molecule has 1 N–H and O–H groups in total. The molecule has 1 aliphatic carbocycles. The molecule has 1 aromatic rings. The highest BCUT2D eigenvalue weighted by molar-refractivity contribution is 5.76. The lowest BCUT2D eigenvalue weighted by Gasteiger charge is -2.27. The highest BCUT2D eigenvalue weighted by atomic mass is 16.2. The van der Waals surface area contributed by atoms with Crippen molar-refractivity contribution in [3.8, 4) is 0 Å². The fourth-order valence-electron chi connectivity index (χ4n) is 2.10. The van der Waals surface area contributed by atoms with E-state index in [4.69, 9.17) is 0 Å². The van der Waals surface area contributed by atoms with Gasteiger partial charge in [-0.15, -0.1) is 5.10 Å². The van der Waals surface area contributed by atoms with Crippen LogP contribution in [-0.4, -0.2) is 57.2 Å². The van der Waals surface area contributed by atoms with E-state index in [1.165, 1.54) is 0 Å². The molecule has 2 heterocycles. The van der Waals surface area contributed by atoms with Gasteiger partial charge in [0.2, 0.25) is 5.91 Å². The highest BCUT2D eigenvalue weighted by Gasteiger charge is 2.30. The van der Waals surface area contributed by atoms with Gasteiger partial charge >= 0.3 is 0 Å². The van der Waals surface area contributed by atoms with Crippen molar-refractivity contribution < 1.29 is 4.79 Å². The normalized spacial score (nSPS) is 20.6. The van der Waals surface area contributed by atoms with Crippen molar-refractivity contribution in [3.63, 3.8) is 0 Å². The fourth-order valence-corrected chi connectivity index (χ4v) is 2.10. The first-order valence-corrected chi connectivity index (χ1v) is 6.09. The van der Waals surface area contributed by atoms with Crippen molar-refractivity contribution in [1.82, 2.24) is 30.4 Å². The Morgan fingerprint density at radius 1 is 1.35 bits per heavy atom. The Morgan fingerprint density at radius 2 is 2.12 bits per heavy atom. The van der Waals surface area contributed by atoms with Crippen molar-refractivity contribution in [3.05, 3.63) is 5.82 Å². The van der Waals surface area contributed by atoms with Crippen LogP contribution >= 0.6 is 0 Å². The van der Waals surface area contributed by atoms with E-state index in [-0.39, 0.29) is 12.5 Å². The number of aromatic nitrogens is 4. The Morgan fingerprint density at radius 3 is 2.82 bits per heavy atom. The van der Waals surface area contributed by atoms with Crippen molar-refractivity contribution in [1.29, 1.82) is 0 Å². The monoisotopic (exact) mass is 236 g/mol. The lowest BCUT2D eigenvalue weighted by Crippen LogP contribution is -2.47. The molecule has 0 radical (unpaired) electrons. The molecule has 7 heteroatoms. The summed E-state index contributed by atoms with van der Waals surface area (Å²) in [7, 11) is 0. The highest BCUT2D eigenvalue weighted by Crippen LogP contribution is 2.38. The molecule has 3 rings (SSSR count). The molecule has 0 spiro atoms. The third-order valence-electron chi connectivity index (χ3n) is 3.26. The topological polar surface area (TPSA) is 75.9 Å². The summed E-state index contributed by atoms with van der Waals surface area (Å²) in [5, 5.41) is 14.8. The number of amides is 1. The van der Waals surface area contributed by atoms with Crippen LogP contribution in [0.25, 0.3) is 0 Å². The molecule has 7 nitrogen and oxygen atoms in total. The minimum atomic E-state index is 0.112. The number of tetrazole rings is 1. The third-order valence-corrected chi connectivity index (χ3v) is 3.26. The van der Waals surface area contributed by atoms with Gasteiger partial charge in [0.05, 0.1) is 0 Å². The van der Waals surface area contributed by atoms with E-state index in [0.717, 1.165) is 44.8 Å². The molecule has 0 aromatic carbocycles. The van der Waals surface area contributed by atoms with E-state index in [1.54, 1.807) is 4.68 Å². The maximum Gasteiger partial charge on any atom is 0.244 e. The maximum absolute atomic E-state index is 12.0. The Kier molecular flexibility index (Phi) is 2.76. The van der Waals surface area contributed by atoms with E-state index >= 15 is 0 Å². The second-order valence-electron chi connectivity index (χ2n) is 4.60. The van der Waals surface area contributed by atoms with Gasteiger partial charge in [-0.05, 0) is 23.3 Å². The number of nitrogens with one attached hydrogen (secondary N) is 1. The summed E-state index contributed by atoms with van der Waals surface area (Å²) in [5.74, 6) is 1.45. The van der Waals surface area contributed by atoms with Crippen LogP contribution in [0, 0.1) is 0 Å². The number of hydrogen-bond donors (Lipinski definition) is 1. The zero-order valence-electron chi connectivity index (χ0n) is 9.67. The number of carbonyl (C=O) groups is 1. The van der Waals surface area contributed by atoms with E-state index in [1.807, 2.05) is 4.90 Å². The van der Waals surface area contributed by atoms with Crippen LogP contribution < -0.4 is 5.32 Å². The van der Waals surface area contributed by atoms with Gasteiger partial charge in [0.1, 0.15) is 6.54 Å². The summed E-state index contributed by atoms with van der Waals surface area (Å²) in [6.45, 7) is 3.58. The molecule has 92 valence electrons. The van der Waals surface area contributed by atoms with E-state index in [2.05, 4.69) is 20.8 Å². The second-order valence-corrected chi connectivity index (χ2v) is 4.60. The molecule has 0 atom stereocenters. The number of carbonyl (C=O) groups excluding carboxylic acids is 1. The van der Waals surface area contributed by atoms with Gasteiger partial charge in [-0.2, -0.15) is 0 Å². The van der Waals surface area contributed by atoms with Crippen molar-refractivity contribution in [2.45, 2.75) is 25.3 Å². The van der Waals surface area contributed by atoms with E-state index in [0.29, 0.717) is 5.92 Å². The van der Waals surface area contributed by atoms with Crippen LogP contribution in [-0.2, 0) is 11.3 Å². The Labute approximate surface area is 99.2 Å². The molecule has 2 fully saturated rings. The van der Waals surface area contributed by atoms with Crippen molar-refractivity contribution in [2.24, 2.45) is 0 Å². The van der Waals surface area contributed by atoms with Gasteiger partial charge in [0.25, 0.3) is 0 Å². The van der Waals surface area contributed by atoms with Crippen LogP contribution in [0.3, 0.4) is 0 Å². The quantitative estimate of drug-likeness (QED) is 0.727. The van der Waals surface area contributed by atoms with Crippen molar-refractivity contribution >= 4 is 5.91 Å². The first kappa shape index (κ1) is 10.6. The standard InChI is InChI=1S/C10H16N6O/c17-9(15-5-3-11-4-6-15)7-16-10(8-1-2-8)12-13-14-16/h8,11H,1-7H2. The SMILES string of the molecule is O=C(Cn1nnnc1C1CC1)N1CCNCC1. The minimum Gasteiger partial charge on any atom is -0.339 e. The number of rotatable bonds is 3. The third kappa shape index (κ3) is 2.28. The molecule has 1 aromatic heterocycles. The number of nitrogens with zero attached hydrogens (tertiary/aromatic N) is 5. The lowest BCUT2D eigenvalue weighted by atomic mass is 10.3. The van der Waals surface area contributed by atoms with Crippen LogP contribution in [0.2, 0.25) is 0 Å². The molecule has 1 saturated heterocycles. The van der Waals surface area contributed by atoms with E-state index < -0.39 is 0 Å². The molecular formula is C10H16N6O. The minimum absolute atomic E-state index is 0.112. The van der Waals surface area contributed by atoms with Gasteiger partial charge in [0.15, 0.2) is 5.82 Å². The number of piperazine rings is 1. The van der Waals surface area contributed by atoms with Gasteiger partial charge < -0.3 is 10.2 Å². The Hall–Kier alpha value is -1.50. The summed E-state index contributed by atoms with van der Waals surface area (Å²) < 4.78 is 1.65. The van der Waals surface area contributed by atoms with Gasteiger partial charge in [0, 0.05) is 32.1 Å². The van der Waals surface area contributed by atoms with Crippen LogP contribution in [0.15, 0.2) is 0 Å². The maximum atomic E-state index is 12.0. The average molecular weight is 236 g/mol. The lowest BCUT2D eigenvalue weighted by molar-refractivity contribution is -0.132. The van der Waals surface area contributed by atoms with Crippen LogP contribution in [0.1, 0.15) is 24.6 Å². The first-order chi connectivity index (χ1) is 8.34. The van der Waals surface area contributed by atoms with Crippen molar-refractivity contribution in [2.75, 3.05) is 26.2 Å². The van der Waals surface area contributed by atoms with Crippen LogP contribution in [0.5, 0.6) is 0 Å². The Bertz CT molecular complexity index is 407. The van der Waals surface area contributed by atoms with Gasteiger partial charge in [-0.3, -0.25) is 4.79 Å². The summed E-state index contributed by atoms with van der Waals surface area (Å²) in [4.78, 5) is 13.9. The fraction of sp³-hybridized carbons (Fsp3) is 0.800. The zero-order chi connectivity index (χ0) is 11.7. The molecular weight excluding hydrogens is 220 g/mol. The Balaban J connectivity index is 1.64. The largest absolute Gasteiger partial charge is 0.339 e. The molecule has 1 aliphatic heterocycles. The zero-order valence-corrected chi connectivity index (χ0v) is 9.67. The molecule has 2 aliphatic rings. The average Bonchev–Trinajstić information content (AvgIpc) is 3.11. The number of hydrogen-bond acceptors (Lipinski definition) is 5. The summed E-state index contributed by atoms with van der Waals surface area (Å²) in [6.07, 6.45) is 2.28. The molecule has 0 bridgehead atoms. The summed E-state index contributed by atoms with van der Waals surface area (Å²) in [5.41, 5.74) is 0. The first-order valence-electron chi connectivity index (χ1n) is 6.09.